The first-order valence-corrected chi connectivity index (χ1v) is 9.01. The number of hydrogen-bond acceptors (Lipinski definition) is 4. The molecule has 0 aromatic carbocycles. The lowest BCUT2D eigenvalue weighted by Gasteiger charge is -2.20. The van der Waals surface area contributed by atoms with Crippen molar-refractivity contribution in [2.45, 2.75) is 60.3 Å². The minimum Gasteiger partial charge on any atom is -0.404 e. The van der Waals surface area contributed by atoms with Crippen molar-refractivity contribution in [2.75, 3.05) is 13.2 Å². The highest BCUT2D eigenvalue weighted by Crippen LogP contribution is 2.52. The molecule has 0 bridgehead atoms. The second-order valence-corrected chi connectivity index (χ2v) is 5.82. The molecule has 20 heavy (non-hydrogen) atoms. The summed E-state index contributed by atoms with van der Waals surface area (Å²) in [6, 6.07) is 0. The van der Waals surface area contributed by atoms with Gasteiger partial charge in [-0.15, -0.1) is 0 Å². The molecule has 0 atom stereocenters. The van der Waals surface area contributed by atoms with Crippen LogP contribution in [0.5, 0.6) is 0 Å². The molecular weight excluding hydrogens is 275 g/mol. The van der Waals surface area contributed by atoms with Gasteiger partial charge in [-0.3, -0.25) is 9.05 Å². The van der Waals surface area contributed by atoms with Crippen molar-refractivity contribution >= 4 is 7.82 Å². The molecule has 0 amide bonds. The van der Waals surface area contributed by atoms with Gasteiger partial charge in [0.05, 0.1) is 13.2 Å². The third kappa shape index (κ3) is 7.28. The van der Waals surface area contributed by atoms with E-state index in [0.29, 0.717) is 5.76 Å². The predicted molar refractivity (Wildman–Crippen MR) is 83.6 cm³/mol. The Hall–Kier alpha value is -0.570. The molecule has 0 saturated carbocycles. The van der Waals surface area contributed by atoms with Crippen LogP contribution in [0.15, 0.2) is 23.5 Å². The predicted octanol–water partition coefficient (Wildman–Crippen LogP) is 5.61. The first-order chi connectivity index (χ1) is 9.56. The molecule has 0 saturated heterocycles. The maximum absolute atomic E-state index is 12.5. The maximum atomic E-state index is 12.5. The lowest BCUT2D eigenvalue weighted by Crippen LogP contribution is -2.02. The van der Waals surface area contributed by atoms with E-state index in [1.807, 2.05) is 13.0 Å². The zero-order valence-corrected chi connectivity index (χ0v) is 14.4. The molecule has 0 aromatic rings. The lowest BCUT2D eigenvalue weighted by atomic mass is 10.1. The van der Waals surface area contributed by atoms with Crippen LogP contribution < -0.4 is 0 Å². The first-order valence-electron chi connectivity index (χ1n) is 7.54. The summed E-state index contributed by atoms with van der Waals surface area (Å²) in [6.07, 6.45) is 7.72. The Morgan fingerprint density at radius 3 is 2.00 bits per heavy atom. The molecule has 0 N–H and O–H groups in total. The summed E-state index contributed by atoms with van der Waals surface area (Å²) in [5.74, 6) is 0.619. The van der Waals surface area contributed by atoms with Crippen LogP contribution in [0.4, 0.5) is 0 Å². The highest BCUT2D eigenvalue weighted by Gasteiger charge is 2.28. The van der Waals surface area contributed by atoms with Crippen molar-refractivity contribution < 1.29 is 18.1 Å². The quantitative estimate of drug-likeness (QED) is 0.282. The van der Waals surface area contributed by atoms with Gasteiger partial charge >= 0.3 is 7.82 Å². The first kappa shape index (κ1) is 19.4. The van der Waals surface area contributed by atoms with Gasteiger partial charge in [0.1, 0.15) is 5.76 Å². The molecule has 0 aliphatic rings. The minimum atomic E-state index is -3.51. The van der Waals surface area contributed by atoms with Crippen molar-refractivity contribution in [2.24, 2.45) is 0 Å². The minimum absolute atomic E-state index is 0.289. The molecule has 0 fully saturated rings. The van der Waals surface area contributed by atoms with Gasteiger partial charge in [0.25, 0.3) is 0 Å². The van der Waals surface area contributed by atoms with Gasteiger partial charge in [0.15, 0.2) is 0 Å². The average Bonchev–Trinajstić information content (AvgIpc) is 2.40. The number of hydrogen-bond donors (Lipinski definition) is 0. The number of allylic oxidation sites excluding steroid dienone is 3. The maximum Gasteiger partial charge on any atom is 0.530 e. The van der Waals surface area contributed by atoms with Gasteiger partial charge in [-0.1, -0.05) is 33.3 Å². The fourth-order valence-electron chi connectivity index (χ4n) is 1.68. The van der Waals surface area contributed by atoms with E-state index in [1.165, 1.54) is 0 Å². The Labute approximate surface area is 123 Å². The van der Waals surface area contributed by atoms with Gasteiger partial charge in [0.2, 0.25) is 0 Å². The molecule has 0 aliphatic carbocycles. The number of phosphoric ester groups is 1. The van der Waals surface area contributed by atoms with Crippen molar-refractivity contribution in [1.82, 2.24) is 0 Å². The monoisotopic (exact) mass is 304 g/mol. The van der Waals surface area contributed by atoms with Crippen molar-refractivity contribution in [3.05, 3.63) is 23.5 Å². The van der Waals surface area contributed by atoms with E-state index in [-0.39, 0.29) is 13.2 Å². The summed E-state index contributed by atoms with van der Waals surface area (Å²) < 4.78 is 28.4. The summed E-state index contributed by atoms with van der Waals surface area (Å²) in [5.41, 5.74) is 1.05. The van der Waals surface area contributed by atoms with E-state index in [4.69, 9.17) is 13.6 Å². The smallest absolute Gasteiger partial charge is 0.404 e. The lowest BCUT2D eigenvalue weighted by molar-refractivity contribution is 0.147. The summed E-state index contributed by atoms with van der Waals surface area (Å²) in [5, 5.41) is 0. The zero-order valence-electron chi connectivity index (χ0n) is 13.5. The Balaban J connectivity index is 5.17. The van der Waals surface area contributed by atoms with Crippen LogP contribution in [0.1, 0.15) is 60.3 Å². The molecule has 0 unspecified atom stereocenters. The third-order valence-corrected chi connectivity index (χ3v) is 4.12. The summed E-state index contributed by atoms with van der Waals surface area (Å²) in [7, 11) is -3.51. The second kappa shape index (κ2) is 11.1. The van der Waals surface area contributed by atoms with Crippen molar-refractivity contribution in [3.63, 3.8) is 0 Å². The van der Waals surface area contributed by atoms with Gasteiger partial charge in [-0.2, -0.15) is 0 Å². The topological polar surface area (TPSA) is 44.8 Å². The van der Waals surface area contributed by atoms with Crippen molar-refractivity contribution in [1.29, 1.82) is 0 Å². The highest BCUT2D eigenvalue weighted by atomic mass is 31.2. The fraction of sp³-hybridized carbons (Fsp3) is 0.733. The molecular formula is C15H29O4P. The van der Waals surface area contributed by atoms with Crippen LogP contribution >= 0.6 is 7.82 Å². The zero-order chi connectivity index (χ0) is 15.4. The second-order valence-electron chi connectivity index (χ2n) is 4.22. The highest BCUT2D eigenvalue weighted by molar-refractivity contribution is 7.48. The van der Waals surface area contributed by atoms with Gasteiger partial charge in [-0.25, -0.2) is 4.57 Å². The van der Waals surface area contributed by atoms with E-state index in [0.717, 1.165) is 31.3 Å². The molecule has 0 radical (unpaired) electrons. The normalized spacial score (nSPS) is 13.7. The molecule has 118 valence electrons. The van der Waals surface area contributed by atoms with Gasteiger partial charge in [-0.05, 0) is 44.8 Å². The third-order valence-electron chi connectivity index (χ3n) is 2.55. The van der Waals surface area contributed by atoms with Crippen LogP contribution in [0.3, 0.4) is 0 Å². The molecule has 4 nitrogen and oxygen atoms in total. The van der Waals surface area contributed by atoms with Gasteiger partial charge in [0, 0.05) is 0 Å². The Bertz CT molecular complexity index is 351. The fourth-order valence-corrected chi connectivity index (χ4v) is 2.92. The van der Waals surface area contributed by atoms with Crippen LogP contribution in [0.2, 0.25) is 0 Å². The SMILES string of the molecule is CCC=C(OP(=O)(OCC)OCC)C(=CCCC)CC. The summed E-state index contributed by atoms with van der Waals surface area (Å²) >= 11 is 0. The standard InChI is InChI=1S/C15H29O4P/c1-6-11-13-14(8-3)15(12-7-2)19-20(16,17-9-4)18-10-5/h12-13H,6-11H2,1-5H3. The van der Waals surface area contributed by atoms with E-state index >= 15 is 0 Å². The Morgan fingerprint density at radius 2 is 1.60 bits per heavy atom. The summed E-state index contributed by atoms with van der Waals surface area (Å²) in [6.45, 7) is 10.3. The van der Waals surface area contributed by atoms with Crippen molar-refractivity contribution in [3.8, 4) is 0 Å². The number of phosphoric acid groups is 1. The van der Waals surface area contributed by atoms with E-state index < -0.39 is 7.82 Å². The largest absolute Gasteiger partial charge is 0.530 e. The Kier molecular flexibility index (Phi) is 10.8. The molecule has 0 heterocycles. The van der Waals surface area contributed by atoms with E-state index in [1.54, 1.807) is 13.8 Å². The van der Waals surface area contributed by atoms with E-state index in [9.17, 15) is 4.57 Å². The Morgan fingerprint density at radius 1 is 1.00 bits per heavy atom. The molecule has 5 heteroatoms. The van der Waals surface area contributed by atoms with Crippen LogP contribution in [0.25, 0.3) is 0 Å². The van der Waals surface area contributed by atoms with Crippen LogP contribution in [0, 0.1) is 0 Å². The van der Waals surface area contributed by atoms with Crippen LogP contribution in [-0.2, 0) is 18.1 Å². The van der Waals surface area contributed by atoms with E-state index in [2.05, 4.69) is 19.9 Å². The summed E-state index contributed by atoms with van der Waals surface area (Å²) in [4.78, 5) is 0. The van der Waals surface area contributed by atoms with Crippen LogP contribution in [-0.4, -0.2) is 13.2 Å². The number of unbranched alkanes of at least 4 members (excludes halogenated alkanes) is 1. The average molecular weight is 304 g/mol. The molecule has 0 rings (SSSR count). The molecule has 0 aliphatic heterocycles. The molecule has 0 spiro atoms. The molecule has 0 aromatic heterocycles. The number of rotatable bonds is 11. The van der Waals surface area contributed by atoms with Gasteiger partial charge < -0.3 is 4.52 Å².